The van der Waals surface area contributed by atoms with E-state index < -0.39 is 0 Å². The molecule has 1 aliphatic heterocycles. The molecule has 4 N–H and O–H groups in total. The van der Waals surface area contributed by atoms with Gasteiger partial charge in [0.1, 0.15) is 17.5 Å². The Morgan fingerprint density at radius 3 is 2.91 bits per heavy atom. The normalized spacial score (nSPS) is 15.9. The summed E-state index contributed by atoms with van der Waals surface area (Å²) < 4.78 is 5.29. The number of carbonyl (C=O) groups excluding carboxylic acids is 1. The smallest absolute Gasteiger partial charge is 0.239 e. The van der Waals surface area contributed by atoms with Crippen LogP contribution in [0.25, 0.3) is 0 Å². The molecule has 0 spiro atoms. The summed E-state index contributed by atoms with van der Waals surface area (Å²) in [5.74, 6) is 0.152. The maximum absolute atomic E-state index is 12.1. The molecule has 0 saturated carbocycles. The molecule has 2 rings (SSSR count). The number of hydrogen-bond acceptors (Lipinski definition) is 7. The van der Waals surface area contributed by atoms with Crippen molar-refractivity contribution in [2.45, 2.75) is 25.9 Å². The molecule has 0 aromatic carbocycles. The molecule has 2 heterocycles. The van der Waals surface area contributed by atoms with Gasteiger partial charge in [0.05, 0.1) is 24.9 Å². The van der Waals surface area contributed by atoms with Gasteiger partial charge in [0.15, 0.2) is 0 Å². The molecule has 8 heteroatoms. The highest BCUT2D eigenvalue weighted by molar-refractivity contribution is 5.92. The zero-order chi connectivity index (χ0) is 16.8. The van der Waals surface area contributed by atoms with Crippen LogP contribution in [0.4, 0.5) is 11.5 Å². The Morgan fingerprint density at radius 2 is 2.30 bits per heavy atom. The molecular weight excluding hydrogens is 298 g/mol. The lowest BCUT2D eigenvalue weighted by Crippen LogP contribution is -2.40. The maximum Gasteiger partial charge on any atom is 0.239 e. The first-order valence-corrected chi connectivity index (χ1v) is 7.57. The number of likely N-dealkylation sites (tertiary alicyclic amines) is 1. The highest BCUT2D eigenvalue weighted by Gasteiger charge is 2.20. The molecule has 1 saturated heterocycles. The molecule has 1 amide bonds. The number of hydrogen-bond donors (Lipinski definition) is 3. The van der Waals surface area contributed by atoms with Gasteiger partial charge in [-0.05, 0) is 19.8 Å². The predicted octanol–water partition coefficient (Wildman–Crippen LogP) is 0.329. The number of pyridine rings is 1. The average molecular weight is 319 g/mol. The Bertz CT molecular complexity index is 606. The highest BCUT2D eigenvalue weighted by Crippen LogP contribution is 2.25. The summed E-state index contributed by atoms with van der Waals surface area (Å²) in [5.41, 5.74) is 6.18. The number of nitrogens with two attached hydrogens (primary N) is 1. The van der Waals surface area contributed by atoms with Gasteiger partial charge < -0.3 is 20.9 Å². The minimum Gasteiger partial charge on any atom is -0.477 e. The fourth-order valence-electron chi connectivity index (χ4n) is 2.42. The second kappa shape index (κ2) is 7.76. The summed E-state index contributed by atoms with van der Waals surface area (Å²) in [6, 6.07) is 3.39. The van der Waals surface area contributed by atoms with E-state index in [1.54, 1.807) is 6.92 Å². The molecule has 1 aliphatic rings. The molecule has 1 aromatic rings. The number of aliphatic hydroxyl groups is 1. The SMILES string of the molecule is CCOc1nc(NC(=O)CN2CCC(O)CC2)cc(N)c1C#N. The van der Waals surface area contributed by atoms with Crippen molar-refractivity contribution in [2.75, 3.05) is 37.3 Å². The first-order valence-electron chi connectivity index (χ1n) is 7.57. The monoisotopic (exact) mass is 319 g/mol. The molecule has 0 atom stereocenters. The number of nitriles is 1. The third-order valence-corrected chi connectivity index (χ3v) is 3.60. The second-order valence-corrected chi connectivity index (χ2v) is 5.38. The average Bonchev–Trinajstić information content (AvgIpc) is 2.50. The molecule has 0 radical (unpaired) electrons. The van der Waals surface area contributed by atoms with Crippen molar-refractivity contribution in [1.29, 1.82) is 5.26 Å². The number of ether oxygens (including phenoxy) is 1. The van der Waals surface area contributed by atoms with E-state index in [9.17, 15) is 9.90 Å². The molecule has 124 valence electrons. The standard InChI is InChI=1S/C15H21N5O3/c1-2-23-15-11(8-16)12(17)7-13(19-15)18-14(22)9-20-5-3-10(21)4-6-20/h7,10,21H,2-6,9H2,1H3,(H3,17,18,19,22). The van der Waals surface area contributed by atoms with Gasteiger partial charge >= 0.3 is 0 Å². The third-order valence-electron chi connectivity index (χ3n) is 3.60. The van der Waals surface area contributed by atoms with Crippen LogP contribution in [-0.4, -0.2) is 53.2 Å². The van der Waals surface area contributed by atoms with Crippen LogP contribution in [0.3, 0.4) is 0 Å². The van der Waals surface area contributed by atoms with Crippen LogP contribution in [-0.2, 0) is 4.79 Å². The van der Waals surface area contributed by atoms with Crippen LogP contribution in [0.2, 0.25) is 0 Å². The Morgan fingerprint density at radius 1 is 1.61 bits per heavy atom. The summed E-state index contributed by atoms with van der Waals surface area (Å²) >= 11 is 0. The van der Waals surface area contributed by atoms with Gasteiger partial charge in [0.2, 0.25) is 11.8 Å². The van der Waals surface area contributed by atoms with E-state index in [-0.39, 0.29) is 41.5 Å². The van der Waals surface area contributed by atoms with Crippen molar-refractivity contribution < 1.29 is 14.6 Å². The number of aromatic nitrogens is 1. The lowest BCUT2D eigenvalue weighted by molar-refractivity contribution is -0.117. The van der Waals surface area contributed by atoms with Crippen LogP contribution < -0.4 is 15.8 Å². The molecule has 0 bridgehead atoms. The van der Waals surface area contributed by atoms with Gasteiger partial charge in [-0.15, -0.1) is 0 Å². The maximum atomic E-state index is 12.1. The fourth-order valence-corrected chi connectivity index (χ4v) is 2.42. The van der Waals surface area contributed by atoms with E-state index in [2.05, 4.69) is 10.3 Å². The van der Waals surface area contributed by atoms with E-state index in [0.717, 1.165) is 0 Å². The van der Waals surface area contributed by atoms with Crippen LogP contribution in [0, 0.1) is 11.3 Å². The molecule has 23 heavy (non-hydrogen) atoms. The fraction of sp³-hybridized carbons (Fsp3) is 0.533. The van der Waals surface area contributed by atoms with E-state index in [0.29, 0.717) is 32.5 Å². The predicted molar refractivity (Wildman–Crippen MR) is 84.8 cm³/mol. The van der Waals surface area contributed by atoms with Gasteiger partial charge in [0.25, 0.3) is 0 Å². The van der Waals surface area contributed by atoms with Crippen molar-refractivity contribution in [3.8, 4) is 11.9 Å². The third kappa shape index (κ3) is 4.55. The molecule has 1 aromatic heterocycles. The Kier molecular flexibility index (Phi) is 5.73. The molecule has 8 nitrogen and oxygen atoms in total. The molecular formula is C15H21N5O3. The number of nitrogens with one attached hydrogen (secondary N) is 1. The minimum atomic E-state index is -0.275. The highest BCUT2D eigenvalue weighted by atomic mass is 16.5. The van der Waals surface area contributed by atoms with Gasteiger partial charge in [-0.3, -0.25) is 9.69 Å². The summed E-state index contributed by atoms with van der Waals surface area (Å²) in [5, 5.41) is 21.2. The van der Waals surface area contributed by atoms with Crippen LogP contribution in [0.1, 0.15) is 25.3 Å². The van der Waals surface area contributed by atoms with Gasteiger partial charge in [-0.2, -0.15) is 10.2 Å². The van der Waals surface area contributed by atoms with Crippen LogP contribution in [0.15, 0.2) is 6.07 Å². The van der Waals surface area contributed by atoms with Gasteiger partial charge in [-0.1, -0.05) is 0 Å². The zero-order valence-electron chi connectivity index (χ0n) is 13.1. The first kappa shape index (κ1) is 17.0. The Balaban J connectivity index is 2.02. The number of aliphatic hydroxyl groups excluding tert-OH is 1. The Hall–Kier alpha value is -2.37. The number of nitrogens with zero attached hydrogens (tertiary/aromatic N) is 3. The number of carbonyl (C=O) groups is 1. The summed E-state index contributed by atoms with van der Waals surface area (Å²) in [7, 11) is 0. The van der Waals surface area contributed by atoms with Crippen molar-refractivity contribution in [3.05, 3.63) is 11.6 Å². The lowest BCUT2D eigenvalue weighted by atomic mass is 10.1. The van der Waals surface area contributed by atoms with Crippen molar-refractivity contribution in [2.24, 2.45) is 0 Å². The van der Waals surface area contributed by atoms with E-state index in [4.69, 9.17) is 15.7 Å². The number of anilines is 2. The number of nitrogen functional groups attached to an aromatic ring is 1. The topological polar surface area (TPSA) is 124 Å². The summed E-state index contributed by atoms with van der Waals surface area (Å²) in [6.45, 7) is 3.70. The zero-order valence-corrected chi connectivity index (χ0v) is 13.1. The van der Waals surface area contributed by atoms with Crippen molar-refractivity contribution in [3.63, 3.8) is 0 Å². The van der Waals surface area contributed by atoms with Crippen molar-refractivity contribution >= 4 is 17.4 Å². The van der Waals surface area contributed by atoms with E-state index >= 15 is 0 Å². The largest absolute Gasteiger partial charge is 0.477 e. The molecule has 0 unspecified atom stereocenters. The van der Waals surface area contributed by atoms with Crippen molar-refractivity contribution in [1.82, 2.24) is 9.88 Å². The Labute approximate surface area is 134 Å². The molecule has 0 aliphatic carbocycles. The summed E-state index contributed by atoms with van der Waals surface area (Å²) in [4.78, 5) is 18.2. The second-order valence-electron chi connectivity index (χ2n) is 5.38. The number of amides is 1. The number of rotatable bonds is 5. The quantitative estimate of drug-likeness (QED) is 0.714. The number of piperidine rings is 1. The first-order chi connectivity index (χ1) is 11.0. The van der Waals surface area contributed by atoms with Crippen LogP contribution >= 0.6 is 0 Å². The van der Waals surface area contributed by atoms with E-state index in [1.165, 1.54) is 6.07 Å². The van der Waals surface area contributed by atoms with Gasteiger partial charge in [0, 0.05) is 19.2 Å². The minimum absolute atomic E-state index is 0.117. The molecule has 1 fully saturated rings. The summed E-state index contributed by atoms with van der Waals surface area (Å²) in [6.07, 6.45) is 1.07. The van der Waals surface area contributed by atoms with Gasteiger partial charge in [-0.25, -0.2) is 0 Å². The van der Waals surface area contributed by atoms with E-state index in [1.807, 2.05) is 11.0 Å². The lowest BCUT2D eigenvalue weighted by Gasteiger charge is -2.28. The van der Waals surface area contributed by atoms with Crippen LogP contribution in [0.5, 0.6) is 5.88 Å².